The van der Waals surface area contributed by atoms with Gasteiger partial charge in [0, 0.05) is 50.6 Å². The molecule has 11 nitrogen and oxygen atoms in total. The second-order valence-electron chi connectivity index (χ2n) is 6.71. The minimum atomic E-state index is -0.587. The van der Waals surface area contributed by atoms with E-state index in [1.54, 1.807) is 12.1 Å². The van der Waals surface area contributed by atoms with Crippen LogP contribution in [0.15, 0.2) is 30.0 Å². The number of hydrogen-bond acceptors (Lipinski definition) is 9. The standard InChI is InChI=1S/C18H23N5O6/c24-9-7-20-3-5-21(6-4-20)15-2-1-13(11-16(15)23(28)29)19-14-12-17(26)22(8-10-25)18(14)27/h1-2,11-12,19,24-25H,3-10H2. The lowest BCUT2D eigenvalue weighted by Gasteiger charge is -2.35. The van der Waals surface area contributed by atoms with Crippen molar-refractivity contribution in [3.8, 4) is 0 Å². The van der Waals surface area contributed by atoms with Crippen LogP contribution in [0.3, 0.4) is 0 Å². The van der Waals surface area contributed by atoms with Crippen LogP contribution in [-0.4, -0.2) is 89.2 Å². The van der Waals surface area contributed by atoms with E-state index in [2.05, 4.69) is 10.2 Å². The van der Waals surface area contributed by atoms with Crippen LogP contribution >= 0.6 is 0 Å². The molecule has 0 atom stereocenters. The van der Waals surface area contributed by atoms with E-state index in [-0.39, 0.29) is 31.1 Å². The largest absolute Gasteiger partial charge is 0.395 e. The van der Waals surface area contributed by atoms with Crippen molar-refractivity contribution in [2.75, 3.05) is 62.7 Å². The smallest absolute Gasteiger partial charge is 0.294 e. The Bertz CT molecular complexity index is 834. The molecule has 2 aliphatic rings. The van der Waals surface area contributed by atoms with Crippen LogP contribution in [0.5, 0.6) is 0 Å². The Hall–Kier alpha value is -3.02. The second kappa shape index (κ2) is 8.99. The molecule has 156 valence electrons. The summed E-state index contributed by atoms with van der Waals surface area (Å²) in [6.45, 7) is 2.79. The third kappa shape index (κ3) is 4.53. The molecular weight excluding hydrogens is 382 g/mol. The van der Waals surface area contributed by atoms with Gasteiger partial charge in [0.25, 0.3) is 17.5 Å². The van der Waals surface area contributed by atoms with Crippen molar-refractivity contribution in [1.29, 1.82) is 0 Å². The Labute approximate surface area is 167 Å². The second-order valence-corrected chi connectivity index (χ2v) is 6.71. The van der Waals surface area contributed by atoms with Crippen molar-refractivity contribution >= 4 is 28.9 Å². The van der Waals surface area contributed by atoms with Crippen LogP contribution < -0.4 is 10.2 Å². The van der Waals surface area contributed by atoms with Crippen molar-refractivity contribution in [1.82, 2.24) is 9.80 Å². The summed E-state index contributed by atoms with van der Waals surface area (Å²) in [7, 11) is 0. The van der Waals surface area contributed by atoms with Gasteiger partial charge in [-0.25, -0.2) is 0 Å². The predicted octanol–water partition coefficient (Wildman–Crippen LogP) is -0.634. The summed E-state index contributed by atoms with van der Waals surface area (Å²) in [5.74, 6) is -1.13. The van der Waals surface area contributed by atoms with Crippen LogP contribution in [0.2, 0.25) is 0 Å². The van der Waals surface area contributed by atoms with Gasteiger partial charge < -0.3 is 20.4 Å². The van der Waals surface area contributed by atoms with Gasteiger partial charge in [-0.1, -0.05) is 0 Å². The number of β-amino-alcohol motifs (C(OH)–C–C–N with tert-alkyl or cyclic N) is 2. The van der Waals surface area contributed by atoms with Gasteiger partial charge in [0.15, 0.2) is 0 Å². The highest BCUT2D eigenvalue weighted by Crippen LogP contribution is 2.32. The van der Waals surface area contributed by atoms with Crippen molar-refractivity contribution in [2.24, 2.45) is 0 Å². The monoisotopic (exact) mass is 405 g/mol. The molecule has 1 saturated heterocycles. The number of anilines is 2. The van der Waals surface area contributed by atoms with Crippen LogP contribution in [0, 0.1) is 10.1 Å². The molecule has 0 aromatic heterocycles. The highest BCUT2D eigenvalue weighted by molar-refractivity contribution is 6.17. The summed E-state index contributed by atoms with van der Waals surface area (Å²) >= 11 is 0. The average molecular weight is 405 g/mol. The first-order valence-electron chi connectivity index (χ1n) is 9.26. The number of nitro benzene ring substituents is 1. The zero-order valence-electron chi connectivity index (χ0n) is 15.8. The predicted molar refractivity (Wildman–Crippen MR) is 104 cm³/mol. The van der Waals surface area contributed by atoms with Crippen molar-refractivity contribution in [3.05, 3.63) is 40.1 Å². The number of aliphatic hydroxyl groups excluding tert-OH is 2. The maximum absolute atomic E-state index is 12.2. The maximum Gasteiger partial charge on any atom is 0.294 e. The third-order valence-electron chi connectivity index (χ3n) is 4.91. The Kier molecular flexibility index (Phi) is 6.42. The first-order valence-corrected chi connectivity index (χ1v) is 9.26. The molecule has 1 aromatic carbocycles. The molecule has 2 heterocycles. The fourth-order valence-corrected chi connectivity index (χ4v) is 3.43. The lowest BCUT2D eigenvalue weighted by molar-refractivity contribution is -0.384. The topological polar surface area (TPSA) is 139 Å². The van der Waals surface area contributed by atoms with Crippen LogP contribution in [0.4, 0.5) is 17.1 Å². The number of carbonyl (C=O) groups excluding carboxylic acids is 2. The number of benzene rings is 1. The molecule has 2 aliphatic heterocycles. The fourth-order valence-electron chi connectivity index (χ4n) is 3.43. The van der Waals surface area contributed by atoms with E-state index in [0.29, 0.717) is 44.1 Å². The molecule has 1 fully saturated rings. The molecule has 0 spiro atoms. The molecular formula is C18H23N5O6. The summed E-state index contributed by atoms with van der Waals surface area (Å²) in [4.78, 5) is 40.1. The van der Waals surface area contributed by atoms with Crippen LogP contribution in [-0.2, 0) is 9.59 Å². The molecule has 11 heteroatoms. The van der Waals surface area contributed by atoms with E-state index >= 15 is 0 Å². The highest BCUT2D eigenvalue weighted by atomic mass is 16.6. The summed E-state index contributed by atoms with van der Waals surface area (Å²) < 4.78 is 0. The third-order valence-corrected chi connectivity index (χ3v) is 4.91. The van der Waals surface area contributed by atoms with E-state index in [1.165, 1.54) is 6.07 Å². The van der Waals surface area contributed by atoms with Gasteiger partial charge in [-0.3, -0.25) is 29.5 Å². The Balaban J connectivity index is 1.75. The number of imide groups is 1. The molecule has 0 aliphatic carbocycles. The molecule has 2 amide bonds. The van der Waals surface area contributed by atoms with Crippen molar-refractivity contribution < 1.29 is 24.7 Å². The molecule has 0 bridgehead atoms. The minimum absolute atomic E-state index is 0.00288. The van der Waals surface area contributed by atoms with Gasteiger partial charge in [-0.2, -0.15) is 0 Å². The number of nitro groups is 1. The SMILES string of the molecule is O=C1C=C(Nc2ccc(N3CCN(CCO)CC3)c([N+](=O)[O-])c2)C(=O)N1CCO. The summed E-state index contributed by atoms with van der Waals surface area (Å²) in [6, 6.07) is 4.58. The molecule has 0 saturated carbocycles. The molecule has 3 rings (SSSR count). The summed E-state index contributed by atoms with van der Waals surface area (Å²) in [5.41, 5.74) is 0.699. The maximum atomic E-state index is 12.2. The fraction of sp³-hybridized carbons (Fsp3) is 0.444. The van der Waals surface area contributed by atoms with E-state index in [4.69, 9.17) is 10.2 Å². The number of carbonyl (C=O) groups is 2. The molecule has 29 heavy (non-hydrogen) atoms. The van der Waals surface area contributed by atoms with Gasteiger partial charge in [0.1, 0.15) is 11.4 Å². The van der Waals surface area contributed by atoms with Gasteiger partial charge in [0.2, 0.25) is 0 Å². The quantitative estimate of drug-likeness (QED) is 0.293. The van der Waals surface area contributed by atoms with Crippen LogP contribution in [0.1, 0.15) is 0 Å². The van der Waals surface area contributed by atoms with Crippen molar-refractivity contribution in [2.45, 2.75) is 0 Å². The summed E-state index contributed by atoms with van der Waals surface area (Å²) in [5, 5.41) is 32.4. The lowest BCUT2D eigenvalue weighted by atomic mass is 10.2. The molecule has 1 aromatic rings. The lowest BCUT2D eigenvalue weighted by Crippen LogP contribution is -2.47. The van der Waals surface area contributed by atoms with Gasteiger partial charge in [-0.15, -0.1) is 0 Å². The minimum Gasteiger partial charge on any atom is -0.395 e. The normalized spacial score (nSPS) is 17.7. The highest BCUT2D eigenvalue weighted by Gasteiger charge is 2.31. The summed E-state index contributed by atoms with van der Waals surface area (Å²) in [6.07, 6.45) is 1.11. The average Bonchev–Trinajstić information content (AvgIpc) is 2.96. The molecule has 0 unspecified atom stereocenters. The van der Waals surface area contributed by atoms with E-state index < -0.39 is 16.7 Å². The number of amides is 2. The molecule has 0 radical (unpaired) electrons. The van der Waals surface area contributed by atoms with Gasteiger partial charge >= 0.3 is 0 Å². The van der Waals surface area contributed by atoms with Crippen molar-refractivity contribution in [3.63, 3.8) is 0 Å². The van der Waals surface area contributed by atoms with E-state index in [1.807, 2.05) is 4.90 Å². The number of hydrogen-bond donors (Lipinski definition) is 3. The molecule has 3 N–H and O–H groups in total. The number of rotatable bonds is 8. The number of nitrogens with zero attached hydrogens (tertiary/aromatic N) is 4. The zero-order valence-corrected chi connectivity index (χ0v) is 15.8. The van der Waals surface area contributed by atoms with Gasteiger partial charge in [0.05, 0.1) is 24.7 Å². The van der Waals surface area contributed by atoms with Gasteiger partial charge in [-0.05, 0) is 12.1 Å². The number of piperazine rings is 1. The van der Waals surface area contributed by atoms with E-state index in [9.17, 15) is 19.7 Å². The Morgan fingerprint density at radius 1 is 1.07 bits per heavy atom. The van der Waals surface area contributed by atoms with Crippen LogP contribution in [0.25, 0.3) is 0 Å². The Morgan fingerprint density at radius 3 is 2.38 bits per heavy atom. The first-order chi connectivity index (χ1) is 13.9. The zero-order chi connectivity index (χ0) is 21.0. The number of aliphatic hydroxyl groups is 2. The number of nitrogens with one attached hydrogen (secondary N) is 1. The first kappa shape index (κ1) is 20.7. The Morgan fingerprint density at radius 2 is 1.76 bits per heavy atom. The van der Waals surface area contributed by atoms with E-state index in [0.717, 1.165) is 11.0 Å².